The third-order valence-corrected chi connectivity index (χ3v) is 8.02. The van der Waals surface area contributed by atoms with Crippen LogP contribution in [0.1, 0.15) is 21.6 Å². The summed E-state index contributed by atoms with van der Waals surface area (Å²) in [7, 11) is 4.11. The SMILES string of the molecule is CN(C)CCSc1ccc(C=c2[nH]c(=O)c(=Cc3ccc4c(c3)Cc3ccccc3-4)[nH]c2=O)s1. The summed E-state index contributed by atoms with van der Waals surface area (Å²) >= 11 is 3.40. The van der Waals surface area contributed by atoms with Crippen LogP contribution in [0.25, 0.3) is 23.3 Å². The lowest BCUT2D eigenvalue weighted by Gasteiger charge is -2.07. The van der Waals surface area contributed by atoms with Crippen LogP contribution in [0, 0.1) is 0 Å². The van der Waals surface area contributed by atoms with E-state index in [2.05, 4.69) is 71.4 Å². The average molecular weight is 488 g/mol. The van der Waals surface area contributed by atoms with Gasteiger partial charge in [0.05, 0.1) is 4.21 Å². The van der Waals surface area contributed by atoms with E-state index in [9.17, 15) is 9.59 Å². The summed E-state index contributed by atoms with van der Waals surface area (Å²) in [4.78, 5) is 34.0. The molecule has 0 bridgehead atoms. The van der Waals surface area contributed by atoms with Crippen molar-refractivity contribution in [2.45, 2.75) is 10.6 Å². The minimum absolute atomic E-state index is 0.253. The van der Waals surface area contributed by atoms with E-state index < -0.39 is 0 Å². The quantitative estimate of drug-likeness (QED) is 0.362. The Hall–Kier alpha value is -3.13. The van der Waals surface area contributed by atoms with Gasteiger partial charge in [0.15, 0.2) is 0 Å². The van der Waals surface area contributed by atoms with E-state index in [1.54, 1.807) is 35.3 Å². The van der Waals surface area contributed by atoms with E-state index in [0.717, 1.165) is 29.2 Å². The van der Waals surface area contributed by atoms with E-state index in [1.165, 1.54) is 26.5 Å². The van der Waals surface area contributed by atoms with Gasteiger partial charge in [-0.25, -0.2) is 0 Å². The third kappa shape index (κ3) is 4.87. The second kappa shape index (κ2) is 9.62. The number of nitrogens with one attached hydrogen (secondary N) is 2. The molecule has 0 amide bonds. The first-order valence-corrected chi connectivity index (χ1v) is 12.9. The topological polar surface area (TPSA) is 69.0 Å². The van der Waals surface area contributed by atoms with Crippen LogP contribution < -0.4 is 21.8 Å². The Balaban J connectivity index is 1.41. The molecule has 34 heavy (non-hydrogen) atoms. The highest BCUT2D eigenvalue weighted by atomic mass is 32.2. The number of aromatic amines is 2. The molecule has 2 heterocycles. The molecule has 2 aromatic heterocycles. The number of rotatable bonds is 6. The van der Waals surface area contributed by atoms with Crippen molar-refractivity contribution < 1.29 is 0 Å². The number of H-pyrrole nitrogens is 2. The van der Waals surface area contributed by atoms with Crippen LogP contribution in [0.2, 0.25) is 0 Å². The summed E-state index contributed by atoms with van der Waals surface area (Å²) < 4.78 is 1.19. The van der Waals surface area contributed by atoms with Crippen molar-refractivity contribution in [1.82, 2.24) is 14.9 Å². The van der Waals surface area contributed by atoms with Crippen molar-refractivity contribution in [3.05, 3.63) is 108 Å². The van der Waals surface area contributed by atoms with Crippen molar-refractivity contribution >= 4 is 35.3 Å². The molecule has 5 nitrogen and oxygen atoms in total. The molecule has 5 rings (SSSR count). The van der Waals surface area contributed by atoms with Gasteiger partial charge in [-0.2, -0.15) is 0 Å². The second-order valence-electron chi connectivity index (χ2n) is 8.58. The smallest absolute Gasteiger partial charge is 0.272 e. The zero-order valence-corrected chi connectivity index (χ0v) is 20.7. The monoisotopic (exact) mass is 487 g/mol. The fraction of sp³-hybridized carbons (Fsp3) is 0.185. The Kier molecular flexibility index (Phi) is 6.41. The lowest BCUT2D eigenvalue weighted by Crippen LogP contribution is -2.46. The van der Waals surface area contributed by atoms with Gasteiger partial charge in [0, 0.05) is 17.2 Å². The van der Waals surface area contributed by atoms with Crippen LogP contribution in [-0.2, 0) is 6.42 Å². The minimum Gasteiger partial charge on any atom is -0.316 e. The molecule has 1 aliphatic carbocycles. The molecule has 2 aromatic carbocycles. The molecule has 0 atom stereocenters. The molecule has 7 heteroatoms. The molecule has 0 radical (unpaired) electrons. The number of benzene rings is 2. The Morgan fingerprint density at radius 1 is 0.912 bits per heavy atom. The molecule has 1 aliphatic rings. The summed E-state index contributed by atoms with van der Waals surface area (Å²) in [5.74, 6) is 1.00. The van der Waals surface area contributed by atoms with Gasteiger partial charge >= 0.3 is 0 Å². The van der Waals surface area contributed by atoms with E-state index in [-0.39, 0.29) is 21.8 Å². The Bertz CT molecular complexity index is 1600. The van der Waals surface area contributed by atoms with Crippen molar-refractivity contribution in [2.24, 2.45) is 0 Å². The van der Waals surface area contributed by atoms with Gasteiger partial charge in [-0.05, 0) is 72.6 Å². The van der Waals surface area contributed by atoms with Crippen molar-refractivity contribution in [2.75, 3.05) is 26.4 Å². The summed E-state index contributed by atoms with van der Waals surface area (Å²) in [5, 5.41) is 0.516. The zero-order valence-electron chi connectivity index (χ0n) is 19.1. The fourth-order valence-corrected chi connectivity index (χ4v) is 6.36. The molecular formula is C27H25N3O2S2. The van der Waals surface area contributed by atoms with E-state index in [0.29, 0.717) is 0 Å². The predicted octanol–water partition coefficient (Wildman–Crippen LogP) is 3.01. The summed E-state index contributed by atoms with van der Waals surface area (Å²) in [5.41, 5.74) is 5.31. The highest BCUT2D eigenvalue weighted by Crippen LogP contribution is 2.36. The molecule has 172 valence electrons. The van der Waals surface area contributed by atoms with Crippen LogP contribution in [0.4, 0.5) is 0 Å². The number of thiophene rings is 1. The van der Waals surface area contributed by atoms with Crippen LogP contribution in [-0.4, -0.2) is 41.3 Å². The summed E-state index contributed by atoms with van der Waals surface area (Å²) in [6, 6.07) is 18.6. The number of fused-ring (bicyclic) bond motifs is 3. The molecule has 4 aromatic rings. The Labute approximate surface area is 205 Å². The first-order valence-electron chi connectivity index (χ1n) is 11.1. The third-order valence-electron chi connectivity index (χ3n) is 5.79. The van der Waals surface area contributed by atoms with Gasteiger partial charge < -0.3 is 14.9 Å². The highest BCUT2D eigenvalue weighted by molar-refractivity contribution is 8.01. The maximum atomic E-state index is 12.7. The van der Waals surface area contributed by atoms with Crippen molar-refractivity contribution in [1.29, 1.82) is 0 Å². The minimum atomic E-state index is -0.313. The summed E-state index contributed by atoms with van der Waals surface area (Å²) in [6.07, 6.45) is 4.35. The van der Waals surface area contributed by atoms with Gasteiger partial charge in [-0.1, -0.05) is 42.5 Å². The van der Waals surface area contributed by atoms with Crippen LogP contribution in [0.3, 0.4) is 0 Å². The maximum absolute atomic E-state index is 12.7. The number of hydrogen-bond acceptors (Lipinski definition) is 5. The Morgan fingerprint density at radius 2 is 1.65 bits per heavy atom. The fourth-order valence-electron chi connectivity index (χ4n) is 4.08. The largest absolute Gasteiger partial charge is 0.316 e. The average Bonchev–Trinajstić information content (AvgIpc) is 3.40. The van der Waals surface area contributed by atoms with Gasteiger partial charge in [0.2, 0.25) is 0 Å². The van der Waals surface area contributed by atoms with Gasteiger partial charge in [0.1, 0.15) is 10.7 Å². The number of thioether (sulfide) groups is 1. The number of nitrogens with zero attached hydrogens (tertiary/aromatic N) is 1. The zero-order chi connectivity index (χ0) is 23.7. The molecule has 0 saturated heterocycles. The van der Waals surface area contributed by atoms with E-state index in [1.807, 2.05) is 12.1 Å². The molecule has 0 saturated carbocycles. The normalized spacial score (nSPS) is 13.5. The molecular weight excluding hydrogens is 462 g/mol. The van der Waals surface area contributed by atoms with Crippen molar-refractivity contribution in [3.8, 4) is 11.1 Å². The van der Waals surface area contributed by atoms with Crippen LogP contribution >= 0.6 is 23.1 Å². The molecule has 2 N–H and O–H groups in total. The number of hydrogen-bond donors (Lipinski definition) is 2. The Morgan fingerprint density at radius 3 is 2.44 bits per heavy atom. The predicted molar refractivity (Wildman–Crippen MR) is 142 cm³/mol. The van der Waals surface area contributed by atoms with Gasteiger partial charge in [-0.15, -0.1) is 23.1 Å². The van der Waals surface area contributed by atoms with E-state index >= 15 is 0 Å². The summed E-state index contributed by atoms with van der Waals surface area (Å²) in [6.45, 7) is 1.00. The van der Waals surface area contributed by atoms with Crippen LogP contribution in [0.15, 0.2) is 68.4 Å². The standard InChI is InChI=1S/C27H25N3O2S2/c1-30(2)11-12-33-25-10-8-20(34-25)16-24-27(32)28-23(26(31)29-24)14-17-7-9-22-19(13-17)15-18-5-3-4-6-21(18)22/h3-10,13-14,16H,11-12,15H2,1-2H3,(H,28,32)(H,29,31). The first-order chi connectivity index (χ1) is 16.5. The lowest BCUT2D eigenvalue weighted by molar-refractivity contribution is 0.437. The molecule has 0 aliphatic heterocycles. The van der Waals surface area contributed by atoms with Crippen LogP contribution in [0.5, 0.6) is 0 Å². The maximum Gasteiger partial charge on any atom is 0.272 e. The second-order valence-corrected chi connectivity index (χ2v) is 11.1. The number of aromatic nitrogens is 2. The molecule has 0 spiro atoms. The van der Waals surface area contributed by atoms with Gasteiger partial charge in [-0.3, -0.25) is 9.59 Å². The highest BCUT2D eigenvalue weighted by Gasteiger charge is 2.17. The first kappa shape index (κ1) is 22.7. The molecule has 0 unspecified atom stereocenters. The van der Waals surface area contributed by atoms with Crippen molar-refractivity contribution in [3.63, 3.8) is 0 Å². The van der Waals surface area contributed by atoms with Gasteiger partial charge in [0.25, 0.3) is 11.1 Å². The van der Waals surface area contributed by atoms with E-state index in [4.69, 9.17) is 0 Å². The molecule has 0 fully saturated rings. The lowest BCUT2D eigenvalue weighted by atomic mass is 10.0.